The van der Waals surface area contributed by atoms with Gasteiger partial charge in [-0.3, -0.25) is 4.98 Å². The predicted octanol–water partition coefficient (Wildman–Crippen LogP) is 5.73. The molecular formula is C21H21ClN2O2. The molecule has 26 heavy (non-hydrogen) atoms. The van der Waals surface area contributed by atoms with E-state index in [-0.39, 0.29) is 0 Å². The molecule has 134 valence electrons. The lowest BCUT2D eigenvalue weighted by atomic mass is 10.0. The van der Waals surface area contributed by atoms with Gasteiger partial charge in [-0.05, 0) is 63.1 Å². The van der Waals surface area contributed by atoms with Gasteiger partial charge >= 0.3 is 5.97 Å². The number of hydrogen-bond donors (Lipinski definition) is 1. The number of aryl methyl sites for hydroxylation is 3. The molecule has 0 aliphatic carbocycles. The van der Waals surface area contributed by atoms with Gasteiger partial charge in [0.05, 0.1) is 17.8 Å². The first-order chi connectivity index (χ1) is 12.4. The van der Waals surface area contributed by atoms with E-state index in [9.17, 15) is 4.79 Å². The molecule has 5 heteroatoms. The average Bonchev–Trinajstić information content (AvgIpc) is 2.57. The van der Waals surface area contributed by atoms with Crippen molar-refractivity contribution in [3.8, 4) is 0 Å². The second kappa shape index (κ2) is 7.34. The quantitative estimate of drug-likeness (QED) is 0.597. The molecule has 3 aromatic rings. The Morgan fingerprint density at radius 2 is 1.92 bits per heavy atom. The zero-order valence-corrected chi connectivity index (χ0v) is 16.1. The van der Waals surface area contributed by atoms with Crippen molar-refractivity contribution in [2.45, 2.75) is 27.7 Å². The number of ether oxygens (including phenoxy) is 1. The summed E-state index contributed by atoms with van der Waals surface area (Å²) in [6.07, 6.45) is 1.58. The SMILES string of the molecule is CCOC(=O)c1cnc2c(C)cc(C)cc2c1Nc1ccc(Cl)cc1C. The molecule has 1 aromatic heterocycles. The van der Waals surface area contributed by atoms with E-state index >= 15 is 0 Å². The number of nitrogens with zero attached hydrogens (tertiary/aromatic N) is 1. The Hall–Kier alpha value is -2.59. The van der Waals surface area contributed by atoms with Gasteiger partial charge in [0.25, 0.3) is 0 Å². The lowest BCUT2D eigenvalue weighted by Gasteiger charge is -2.17. The summed E-state index contributed by atoms with van der Waals surface area (Å²) < 4.78 is 5.23. The highest BCUT2D eigenvalue weighted by Crippen LogP contribution is 2.33. The minimum absolute atomic E-state index is 0.309. The van der Waals surface area contributed by atoms with Crippen molar-refractivity contribution < 1.29 is 9.53 Å². The third-order valence-corrected chi connectivity index (χ3v) is 4.48. The number of benzene rings is 2. The molecule has 4 nitrogen and oxygen atoms in total. The van der Waals surface area contributed by atoms with Crippen molar-refractivity contribution in [3.05, 3.63) is 63.8 Å². The summed E-state index contributed by atoms with van der Waals surface area (Å²) in [4.78, 5) is 17.0. The molecule has 0 spiro atoms. The van der Waals surface area contributed by atoms with Gasteiger partial charge in [-0.15, -0.1) is 0 Å². The molecule has 0 saturated carbocycles. The first-order valence-electron chi connectivity index (χ1n) is 8.51. The van der Waals surface area contributed by atoms with Crippen LogP contribution in [0.15, 0.2) is 36.5 Å². The molecule has 0 fully saturated rings. The number of rotatable bonds is 4. The van der Waals surface area contributed by atoms with Crippen LogP contribution in [0.25, 0.3) is 10.9 Å². The van der Waals surface area contributed by atoms with Crippen molar-refractivity contribution in [2.75, 3.05) is 11.9 Å². The fourth-order valence-electron chi connectivity index (χ4n) is 3.06. The topological polar surface area (TPSA) is 51.2 Å². The standard InChI is InChI=1S/C21H21ClN2O2/c1-5-26-21(25)17-11-23-19-14(4)8-12(2)9-16(19)20(17)24-18-7-6-15(22)10-13(18)3/h6-11H,5H2,1-4H3,(H,23,24). The van der Waals surface area contributed by atoms with Crippen LogP contribution in [0.2, 0.25) is 5.02 Å². The fourth-order valence-corrected chi connectivity index (χ4v) is 3.29. The molecule has 0 radical (unpaired) electrons. The van der Waals surface area contributed by atoms with E-state index in [2.05, 4.69) is 16.4 Å². The number of aromatic nitrogens is 1. The van der Waals surface area contributed by atoms with Crippen LogP contribution in [0.5, 0.6) is 0 Å². The summed E-state index contributed by atoms with van der Waals surface area (Å²) in [5.74, 6) is -0.393. The Balaban J connectivity index is 2.24. The molecule has 0 atom stereocenters. The van der Waals surface area contributed by atoms with Crippen LogP contribution in [0.4, 0.5) is 11.4 Å². The monoisotopic (exact) mass is 368 g/mol. The number of hydrogen-bond acceptors (Lipinski definition) is 4. The number of pyridine rings is 1. The molecule has 1 heterocycles. The van der Waals surface area contributed by atoms with Gasteiger partial charge in [0.1, 0.15) is 5.56 Å². The number of carbonyl (C=O) groups is 1. The maximum Gasteiger partial charge on any atom is 0.341 e. The smallest absolute Gasteiger partial charge is 0.341 e. The molecular weight excluding hydrogens is 348 g/mol. The van der Waals surface area contributed by atoms with Crippen LogP contribution >= 0.6 is 11.6 Å². The summed E-state index contributed by atoms with van der Waals surface area (Å²) in [5, 5.41) is 4.97. The second-order valence-corrected chi connectivity index (χ2v) is 6.77. The number of esters is 1. The van der Waals surface area contributed by atoms with E-state index in [0.29, 0.717) is 22.9 Å². The van der Waals surface area contributed by atoms with Crippen molar-refractivity contribution in [1.29, 1.82) is 0 Å². The van der Waals surface area contributed by atoms with Crippen LogP contribution in [0, 0.1) is 20.8 Å². The summed E-state index contributed by atoms with van der Waals surface area (Å²) in [6.45, 7) is 8.11. The highest BCUT2D eigenvalue weighted by Gasteiger charge is 2.18. The lowest BCUT2D eigenvalue weighted by Crippen LogP contribution is -2.10. The van der Waals surface area contributed by atoms with Gasteiger partial charge in [-0.2, -0.15) is 0 Å². The maximum atomic E-state index is 12.5. The van der Waals surface area contributed by atoms with Gasteiger partial charge in [-0.1, -0.05) is 23.2 Å². The zero-order valence-electron chi connectivity index (χ0n) is 15.3. The number of halogens is 1. The third kappa shape index (κ3) is 3.51. The Labute approximate surface area is 158 Å². The van der Waals surface area contributed by atoms with E-state index in [1.165, 1.54) is 0 Å². The molecule has 0 bridgehead atoms. The molecule has 1 N–H and O–H groups in total. The largest absolute Gasteiger partial charge is 0.462 e. The summed E-state index contributed by atoms with van der Waals surface area (Å²) in [6, 6.07) is 9.72. The van der Waals surface area contributed by atoms with Crippen LogP contribution in [-0.4, -0.2) is 17.6 Å². The second-order valence-electron chi connectivity index (χ2n) is 6.33. The average molecular weight is 369 g/mol. The van der Waals surface area contributed by atoms with Crippen LogP contribution in [0.1, 0.15) is 34.0 Å². The van der Waals surface area contributed by atoms with Crippen molar-refractivity contribution >= 4 is 39.8 Å². The number of anilines is 2. The van der Waals surface area contributed by atoms with Crippen molar-refractivity contribution in [3.63, 3.8) is 0 Å². The first-order valence-corrected chi connectivity index (χ1v) is 8.88. The summed E-state index contributed by atoms with van der Waals surface area (Å²) in [7, 11) is 0. The number of carbonyl (C=O) groups excluding carboxylic acids is 1. The Kier molecular flexibility index (Phi) is 5.14. The van der Waals surface area contributed by atoms with Gasteiger partial charge in [0.2, 0.25) is 0 Å². The normalized spacial score (nSPS) is 10.8. The summed E-state index contributed by atoms with van der Waals surface area (Å²) >= 11 is 6.07. The van der Waals surface area contributed by atoms with Crippen molar-refractivity contribution in [1.82, 2.24) is 4.98 Å². The van der Waals surface area contributed by atoms with E-state index < -0.39 is 5.97 Å². The molecule has 0 unspecified atom stereocenters. The lowest BCUT2D eigenvalue weighted by molar-refractivity contribution is 0.0527. The third-order valence-electron chi connectivity index (χ3n) is 4.25. The predicted molar refractivity (Wildman–Crippen MR) is 107 cm³/mol. The molecule has 0 saturated heterocycles. The highest BCUT2D eigenvalue weighted by atomic mass is 35.5. The Morgan fingerprint density at radius 1 is 1.15 bits per heavy atom. The molecule has 0 amide bonds. The van der Waals surface area contributed by atoms with Crippen LogP contribution in [0.3, 0.4) is 0 Å². The van der Waals surface area contributed by atoms with Gasteiger partial charge in [0.15, 0.2) is 0 Å². The number of fused-ring (bicyclic) bond motifs is 1. The van der Waals surface area contributed by atoms with Crippen LogP contribution < -0.4 is 5.32 Å². The molecule has 0 aliphatic heterocycles. The van der Waals surface area contributed by atoms with Gasteiger partial charge in [-0.25, -0.2) is 4.79 Å². The Bertz CT molecular complexity index is 999. The molecule has 2 aromatic carbocycles. The molecule has 0 aliphatic rings. The minimum atomic E-state index is -0.393. The first kappa shape index (κ1) is 18.2. The van der Waals surface area contributed by atoms with E-state index in [1.54, 1.807) is 13.1 Å². The minimum Gasteiger partial charge on any atom is -0.462 e. The van der Waals surface area contributed by atoms with Crippen molar-refractivity contribution in [2.24, 2.45) is 0 Å². The Morgan fingerprint density at radius 3 is 2.62 bits per heavy atom. The van der Waals surface area contributed by atoms with E-state index in [1.807, 2.05) is 45.0 Å². The summed E-state index contributed by atoms with van der Waals surface area (Å²) in [5.41, 5.74) is 6.01. The maximum absolute atomic E-state index is 12.5. The van der Waals surface area contributed by atoms with Gasteiger partial charge < -0.3 is 10.1 Å². The van der Waals surface area contributed by atoms with E-state index in [4.69, 9.17) is 16.3 Å². The number of nitrogens with one attached hydrogen (secondary N) is 1. The molecule has 3 rings (SSSR count). The van der Waals surface area contributed by atoms with Gasteiger partial charge in [0, 0.05) is 22.3 Å². The highest BCUT2D eigenvalue weighted by molar-refractivity contribution is 6.30. The van der Waals surface area contributed by atoms with E-state index in [0.717, 1.165) is 33.3 Å². The zero-order chi connectivity index (χ0) is 18.8. The van der Waals surface area contributed by atoms with Crippen LogP contribution in [-0.2, 0) is 4.74 Å². The fraction of sp³-hybridized carbons (Fsp3) is 0.238.